The molecule has 2 N–H and O–H groups in total. The molecule has 0 bridgehead atoms. The van der Waals surface area contributed by atoms with E-state index in [1.807, 2.05) is 37.3 Å². The first-order valence-electron chi connectivity index (χ1n) is 7.14. The summed E-state index contributed by atoms with van der Waals surface area (Å²) < 4.78 is 0. The number of hydrogen-bond acceptors (Lipinski definition) is 2. The lowest BCUT2D eigenvalue weighted by Crippen LogP contribution is -2.36. The fourth-order valence-corrected chi connectivity index (χ4v) is 2.21. The maximum Gasteiger partial charge on any atom is 0.222 e. The lowest BCUT2D eigenvalue weighted by atomic mass is 10.0. The van der Waals surface area contributed by atoms with E-state index in [0.717, 1.165) is 18.4 Å². The van der Waals surface area contributed by atoms with Gasteiger partial charge in [-0.1, -0.05) is 43.7 Å². The highest BCUT2D eigenvalue weighted by molar-refractivity contribution is 5.79. The van der Waals surface area contributed by atoms with Crippen LogP contribution in [0, 0.1) is 0 Å². The van der Waals surface area contributed by atoms with E-state index in [-0.39, 0.29) is 30.3 Å². The lowest BCUT2D eigenvalue weighted by Gasteiger charge is -2.20. The molecule has 1 aromatic carbocycles. The van der Waals surface area contributed by atoms with Gasteiger partial charge in [-0.05, 0) is 18.9 Å². The Bertz CT molecular complexity index is 431. The molecule has 2 amide bonds. The average molecular weight is 276 g/mol. The Hall–Kier alpha value is -1.84. The van der Waals surface area contributed by atoms with E-state index in [1.165, 1.54) is 6.92 Å². The molecule has 0 unspecified atom stereocenters. The molecule has 0 radical (unpaired) electrons. The van der Waals surface area contributed by atoms with Gasteiger partial charge in [0, 0.05) is 13.0 Å². The molecule has 4 nitrogen and oxygen atoms in total. The second-order valence-electron chi connectivity index (χ2n) is 5.13. The maximum atomic E-state index is 12.0. The monoisotopic (exact) mass is 276 g/mol. The van der Waals surface area contributed by atoms with Gasteiger partial charge in [-0.25, -0.2) is 0 Å². The molecule has 20 heavy (non-hydrogen) atoms. The van der Waals surface area contributed by atoms with Crippen molar-refractivity contribution >= 4 is 11.8 Å². The van der Waals surface area contributed by atoms with Crippen molar-refractivity contribution in [2.24, 2.45) is 0 Å². The Morgan fingerprint density at radius 3 is 2.35 bits per heavy atom. The summed E-state index contributed by atoms with van der Waals surface area (Å²) in [5.74, 6) is -0.165. The Morgan fingerprint density at radius 2 is 1.80 bits per heavy atom. The van der Waals surface area contributed by atoms with Crippen molar-refractivity contribution in [1.82, 2.24) is 10.6 Å². The van der Waals surface area contributed by atoms with Gasteiger partial charge in [0.05, 0.1) is 12.5 Å². The zero-order valence-electron chi connectivity index (χ0n) is 12.5. The van der Waals surface area contributed by atoms with E-state index in [1.54, 1.807) is 0 Å². The van der Waals surface area contributed by atoms with Gasteiger partial charge in [-0.2, -0.15) is 0 Å². The molecule has 1 aromatic rings. The van der Waals surface area contributed by atoms with Crippen LogP contribution in [0.5, 0.6) is 0 Å². The molecular formula is C16H24N2O2. The molecule has 4 heteroatoms. The molecule has 1 rings (SSSR count). The first kappa shape index (κ1) is 16.2. The summed E-state index contributed by atoms with van der Waals surface area (Å²) in [4.78, 5) is 23.3. The van der Waals surface area contributed by atoms with E-state index < -0.39 is 0 Å². The van der Waals surface area contributed by atoms with Gasteiger partial charge in [0.25, 0.3) is 0 Å². The van der Waals surface area contributed by atoms with Crippen LogP contribution in [-0.4, -0.2) is 17.9 Å². The number of rotatable bonds is 7. The number of benzene rings is 1. The van der Waals surface area contributed by atoms with Crippen LogP contribution in [0.25, 0.3) is 0 Å². The largest absolute Gasteiger partial charge is 0.354 e. The summed E-state index contributed by atoms with van der Waals surface area (Å²) in [5, 5.41) is 5.80. The fraction of sp³-hybridized carbons (Fsp3) is 0.500. The van der Waals surface area contributed by atoms with Gasteiger partial charge in [-0.3, -0.25) is 9.59 Å². The van der Waals surface area contributed by atoms with Gasteiger partial charge in [0.15, 0.2) is 0 Å². The number of carbonyl (C=O) groups excluding carboxylic acids is 2. The van der Waals surface area contributed by atoms with Crippen LogP contribution < -0.4 is 10.6 Å². The predicted molar refractivity (Wildman–Crippen MR) is 80.1 cm³/mol. The molecule has 0 fully saturated rings. The second kappa shape index (κ2) is 8.35. The topological polar surface area (TPSA) is 58.2 Å². The zero-order valence-corrected chi connectivity index (χ0v) is 12.5. The minimum atomic E-state index is -0.275. The Morgan fingerprint density at radius 1 is 1.15 bits per heavy atom. The molecule has 0 heterocycles. The molecule has 110 valence electrons. The number of nitrogens with one attached hydrogen (secondary N) is 2. The normalized spacial score (nSPS) is 13.3. The van der Waals surface area contributed by atoms with E-state index in [9.17, 15) is 9.59 Å². The summed E-state index contributed by atoms with van der Waals surface area (Å²) in [7, 11) is 0. The third-order valence-electron chi connectivity index (χ3n) is 3.10. The zero-order chi connectivity index (χ0) is 15.0. The molecule has 0 aromatic heterocycles. The van der Waals surface area contributed by atoms with Crippen molar-refractivity contribution < 1.29 is 9.59 Å². The van der Waals surface area contributed by atoms with E-state index in [2.05, 4.69) is 17.6 Å². The van der Waals surface area contributed by atoms with Crippen molar-refractivity contribution in [3.05, 3.63) is 35.9 Å². The minimum Gasteiger partial charge on any atom is -0.354 e. The molecule has 0 saturated heterocycles. The third-order valence-corrected chi connectivity index (χ3v) is 3.10. The average Bonchev–Trinajstić information content (AvgIpc) is 2.38. The number of hydrogen-bond donors (Lipinski definition) is 2. The Kier molecular flexibility index (Phi) is 6.77. The first-order chi connectivity index (χ1) is 9.52. The molecule has 0 aliphatic carbocycles. The summed E-state index contributed by atoms with van der Waals surface area (Å²) in [6.07, 6.45) is 2.26. The standard InChI is InChI=1S/C16H24N2O2/c1-4-8-12(2)17-16(20)11-15(18-13(3)19)14-9-6-5-7-10-14/h5-7,9-10,12,15H,4,8,11H2,1-3H3,(H,17,20)(H,18,19)/t12-,15-/m1/s1. The highest BCUT2D eigenvalue weighted by Crippen LogP contribution is 2.16. The highest BCUT2D eigenvalue weighted by Gasteiger charge is 2.17. The van der Waals surface area contributed by atoms with E-state index >= 15 is 0 Å². The van der Waals surface area contributed by atoms with Crippen molar-refractivity contribution in [2.75, 3.05) is 0 Å². The van der Waals surface area contributed by atoms with E-state index in [4.69, 9.17) is 0 Å². The van der Waals surface area contributed by atoms with Crippen LogP contribution in [0.3, 0.4) is 0 Å². The van der Waals surface area contributed by atoms with Crippen molar-refractivity contribution in [1.29, 1.82) is 0 Å². The van der Waals surface area contributed by atoms with Crippen LogP contribution >= 0.6 is 0 Å². The van der Waals surface area contributed by atoms with E-state index in [0.29, 0.717) is 0 Å². The summed E-state index contributed by atoms with van der Waals surface area (Å²) in [6.45, 7) is 5.55. The van der Waals surface area contributed by atoms with Crippen LogP contribution in [0.2, 0.25) is 0 Å². The summed E-state index contributed by atoms with van der Waals surface area (Å²) in [5.41, 5.74) is 0.945. The molecular weight excluding hydrogens is 252 g/mol. The van der Waals surface area contributed by atoms with Crippen LogP contribution in [0.15, 0.2) is 30.3 Å². The van der Waals surface area contributed by atoms with Gasteiger partial charge >= 0.3 is 0 Å². The minimum absolute atomic E-state index is 0.0337. The Balaban J connectivity index is 2.66. The molecule has 0 aliphatic heterocycles. The van der Waals surface area contributed by atoms with Gasteiger partial charge in [0.2, 0.25) is 11.8 Å². The smallest absolute Gasteiger partial charge is 0.222 e. The SMILES string of the molecule is CCC[C@@H](C)NC(=O)C[C@@H](NC(C)=O)c1ccccc1. The third kappa shape index (κ3) is 5.87. The summed E-state index contributed by atoms with van der Waals surface area (Å²) >= 11 is 0. The van der Waals surface area contributed by atoms with Gasteiger partial charge < -0.3 is 10.6 Å². The number of amides is 2. The van der Waals surface area contributed by atoms with Crippen molar-refractivity contribution in [2.45, 2.75) is 52.1 Å². The second-order valence-corrected chi connectivity index (χ2v) is 5.13. The lowest BCUT2D eigenvalue weighted by molar-refractivity contribution is -0.123. The van der Waals surface area contributed by atoms with Crippen LogP contribution in [-0.2, 0) is 9.59 Å². The molecule has 0 spiro atoms. The predicted octanol–water partition coefficient (Wildman–Crippen LogP) is 2.56. The van der Waals surface area contributed by atoms with Crippen LogP contribution in [0.1, 0.15) is 51.6 Å². The Labute approximate surface area is 121 Å². The number of carbonyl (C=O) groups is 2. The van der Waals surface area contributed by atoms with Crippen molar-refractivity contribution in [3.63, 3.8) is 0 Å². The molecule has 0 aliphatic rings. The van der Waals surface area contributed by atoms with Crippen LogP contribution in [0.4, 0.5) is 0 Å². The van der Waals surface area contributed by atoms with Gasteiger partial charge in [0.1, 0.15) is 0 Å². The van der Waals surface area contributed by atoms with Crippen molar-refractivity contribution in [3.8, 4) is 0 Å². The molecule has 0 saturated carbocycles. The summed E-state index contributed by atoms with van der Waals surface area (Å²) in [6, 6.07) is 9.46. The maximum absolute atomic E-state index is 12.0. The molecule has 2 atom stereocenters. The highest BCUT2D eigenvalue weighted by atomic mass is 16.2. The van der Waals surface area contributed by atoms with Gasteiger partial charge in [-0.15, -0.1) is 0 Å². The first-order valence-corrected chi connectivity index (χ1v) is 7.14. The fourth-order valence-electron chi connectivity index (χ4n) is 2.21. The quantitative estimate of drug-likeness (QED) is 0.804.